The summed E-state index contributed by atoms with van der Waals surface area (Å²) in [5.41, 5.74) is 7.64. The van der Waals surface area contributed by atoms with E-state index in [9.17, 15) is 4.79 Å². The fourth-order valence-corrected chi connectivity index (χ4v) is 1.51. The number of carbonyl (C=O) groups excluding carboxylic acids is 1. The summed E-state index contributed by atoms with van der Waals surface area (Å²) in [6.07, 6.45) is 5.18. The molecular formula is C8H16N2O2. The number of hydroxylamine groups is 1. The number of hydrogen-bond acceptors (Lipinski definition) is 3. The first-order valence-corrected chi connectivity index (χ1v) is 4.42. The highest BCUT2D eigenvalue weighted by molar-refractivity contribution is 5.74. The highest BCUT2D eigenvalue weighted by Crippen LogP contribution is 2.23. The fraction of sp³-hybridized carbons (Fsp3) is 0.875. The predicted octanol–water partition coefficient (Wildman–Crippen LogP) is 0.183. The third-order valence-corrected chi connectivity index (χ3v) is 2.16. The van der Waals surface area contributed by atoms with Crippen LogP contribution < -0.4 is 11.2 Å². The number of hydrogen-bond donors (Lipinski definition) is 2. The summed E-state index contributed by atoms with van der Waals surface area (Å²) in [7, 11) is 0. The third-order valence-electron chi connectivity index (χ3n) is 2.16. The molecule has 0 heterocycles. The minimum Gasteiger partial charge on any atom is -0.368 e. The SMILES string of the molecule is NC(=O)CONCC1CCCC1. The van der Waals surface area contributed by atoms with Crippen LogP contribution in [0.4, 0.5) is 0 Å². The molecule has 1 amide bonds. The van der Waals surface area contributed by atoms with Gasteiger partial charge in [0.25, 0.3) is 0 Å². The Labute approximate surface area is 72.4 Å². The van der Waals surface area contributed by atoms with Gasteiger partial charge in [0, 0.05) is 6.54 Å². The van der Waals surface area contributed by atoms with Crippen LogP contribution in [0.1, 0.15) is 25.7 Å². The van der Waals surface area contributed by atoms with Gasteiger partial charge in [-0.1, -0.05) is 12.8 Å². The van der Waals surface area contributed by atoms with Gasteiger partial charge in [0.1, 0.15) is 6.61 Å². The zero-order valence-electron chi connectivity index (χ0n) is 7.21. The lowest BCUT2D eigenvalue weighted by atomic mass is 10.1. The van der Waals surface area contributed by atoms with E-state index >= 15 is 0 Å². The Morgan fingerprint density at radius 2 is 2.17 bits per heavy atom. The Bertz CT molecular complexity index is 144. The molecule has 0 aromatic rings. The van der Waals surface area contributed by atoms with Crippen LogP contribution in [-0.4, -0.2) is 19.1 Å². The molecule has 1 saturated carbocycles. The highest BCUT2D eigenvalue weighted by atomic mass is 16.6. The number of nitrogens with one attached hydrogen (secondary N) is 1. The largest absolute Gasteiger partial charge is 0.368 e. The van der Waals surface area contributed by atoms with Crippen molar-refractivity contribution in [1.29, 1.82) is 0 Å². The standard InChI is InChI=1S/C8H16N2O2/c9-8(11)6-12-10-5-7-3-1-2-4-7/h7,10H,1-6H2,(H2,9,11). The maximum absolute atomic E-state index is 10.3. The van der Waals surface area contributed by atoms with Crippen molar-refractivity contribution in [2.45, 2.75) is 25.7 Å². The summed E-state index contributed by atoms with van der Waals surface area (Å²) in [6, 6.07) is 0. The molecular weight excluding hydrogens is 156 g/mol. The zero-order valence-corrected chi connectivity index (χ0v) is 7.21. The first-order valence-electron chi connectivity index (χ1n) is 4.42. The van der Waals surface area contributed by atoms with E-state index in [-0.39, 0.29) is 6.61 Å². The molecule has 1 fully saturated rings. The fourth-order valence-electron chi connectivity index (χ4n) is 1.51. The van der Waals surface area contributed by atoms with Gasteiger partial charge in [-0.2, -0.15) is 0 Å². The Kier molecular flexibility index (Phi) is 4.04. The molecule has 70 valence electrons. The van der Waals surface area contributed by atoms with Crippen molar-refractivity contribution in [2.75, 3.05) is 13.2 Å². The van der Waals surface area contributed by atoms with E-state index in [4.69, 9.17) is 10.6 Å². The lowest BCUT2D eigenvalue weighted by molar-refractivity contribution is -0.125. The summed E-state index contributed by atoms with van der Waals surface area (Å²) in [4.78, 5) is 15.1. The summed E-state index contributed by atoms with van der Waals surface area (Å²) in [5, 5.41) is 0. The lowest BCUT2D eigenvalue weighted by Crippen LogP contribution is -2.27. The van der Waals surface area contributed by atoms with Gasteiger partial charge < -0.3 is 5.73 Å². The summed E-state index contributed by atoms with van der Waals surface area (Å²) in [5.74, 6) is 0.284. The first-order chi connectivity index (χ1) is 5.79. The molecule has 0 saturated heterocycles. The number of rotatable bonds is 5. The van der Waals surface area contributed by atoms with E-state index in [1.807, 2.05) is 0 Å². The van der Waals surface area contributed by atoms with E-state index in [0.29, 0.717) is 0 Å². The minimum absolute atomic E-state index is 0.0350. The normalized spacial score (nSPS) is 18.3. The molecule has 0 aliphatic heterocycles. The van der Waals surface area contributed by atoms with Crippen LogP contribution in [0.5, 0.6) is 0 Å². The molecule has 1 aliphatic rings. The van der Waals surface area contributed by atoms with E-state index in [1.165, 1.54) is 25.7 Å². The van der Waals surface area contributed by atoms with Gasteiger partial charge in [-0.05, 0) is 18.8 Å². The molecule has 0 aromatic carbocycles. The first kappa shape index (κ1) is 9.48. The van der Waals surface area contributed by atoms with E-state index in [0.717, 1.165) is 12.5 Å². The Morgan fingerprint density at radius 3 is 2.75 bits per heavy atom. The van der Waals surface area contributed by atoms with Gasteiger partial charge in [-0.25, -0.2) is 5.48 Å². The Hall–Kier alpha value is -0.610. The average molecular weight is 172 g/mol. The van der Waals surface area contributed by atoms with Crippen LogP contribution in [-0.2, 0) is 9.63 Å². The second kappa shape index (κ2) is 5.11. The van der Waals surface area contributed by atoms with Gasteiger partial charge in [-0.3, -0.25) is 9.63 Å². The van der Waals surface area contributed by atoms with Gasteiger partial charge >= 0.3 is 0 Å². The zero-order chi connectivity index (χ0) is 8.81. The summed E-state index contributed by atoms with van der Waals surface area (Å²) >= 11 is 0. The molecule has 12 heavy (non-hydrogen) atoms. The van der Waals surface area contributed by atoms with Crippen molar-refractivity contribution in [1.82, 2.24) is 5.48 Å². The van der Waals surface area contributed by atoms with E-state index < -0.39 is 5.91 Å². The lowest BCUT2D eigenvalue weighted by Gasteiger charge is -2.09. The second-order valence-electron chi connectivity index (χ2n) is 3.25. The van der Waals surface area contributed by atoms with Crippen molar-refractivity contribution in [3.05, 3.63) is 0 Å². The van der Waals surface area contributed by atoms with Crippen molar-refractivity contribution in [3.8, 4) is 0 Å². The van der Waals surface area contributed by atoms with Crippen molar-refractivity contribution < 1.29 is 9.63 Å². The van der Waals surface area contributed by atoms with E-state index in [1.54, 1.807) is 0 Å². The molecule has 4 heteroatoms. The predicted molar refractivity (Wildman–Crippen MR) is 45.1 cm³/mol. The second-order valence-corrected chi connectivity index (χ2v) is 3.25. The monoisotopic (exact) mass is 172 g/mol. The number of primary amides is 1. The van der Waals surface area contributed by atoms with E-state index in [2.05, 4.69) is 5.48 Å². The van der Waals surface area contributed by atoms with Crippen molar-refractivity contribution in [2.24, 2.45) is 11.7 Å². The quantitative estimate of drug-likeness (QED) is 0.459. The van der Waals surface area contributed by atoms with Crippen LogP contribution in [0.25, 0.3) is 0 Å². The topological polar surface area (TPSA) is 64.4 Å². The molecule has 3 N–H and O–H groups in total. The molecule has 0 spiro atoms. The average Bonchev–Trinajstić information content (AvgIpc) is 2.49. The number of nitrogens with two attached hydrogens (primary N) is 1. The van der Waals surface area contributed by atoms with Gasteiger partial charge in [-0.15, -0.1) is 0 Å². The maximum Gasteiger partial charge on any atom is 0.245 e. The minimum atomic E-state index is -0.436. The molecule has 0 atom stereocenters. The summed E-state index contributed by atoms with van der Waals surface area (Å²) in [6.45, 7) is 0.806. The van der Waals surface area contributed by atoms with Crippen LogP contribution in [0.15, 0.2) is 0 Å². The summed E-state index contributed by atoms with van der Waals surface area (Å²) < 4.78 is 0. The Balaban J connectivity index is 1.91. The number of carbonyl (C=O) groups is 1. The van der Waals surface area contributed by atoms with Crippen LogP contribution in [0.3, 0.4) is 0 Å². The Morgan fingerprint density at radius 1 is 1.50 bits per heavy atom. The van der Waals surface area contributed by atoms with Crippen molar-refractivity contribution >= 4 is 5.91 Å². The van der Waals surface area contributed by atoms with Gasteiger partial charge in [0.05, 0.1) is 0 Å². The molecule has 4 nitrogen and oxygen atoms in total. The molecule has 0 bridgehead atoms. The molecule has 1 rings (SSSR count). The molecule has 0 unspecified atom stereocenters. The van der Waals surface area contributed by atoms with Gasteiger partial charge in [0.15, 0.2) is 0 Å². The highest BCUT2D eigenvalue weighted by Gasteiger charge is 2.14. The molecule has 1 aliphatic carbocycles. The smallest absolute Gasteiger partial charge is 0.245 e. The van der Waals surface area contributed by atoms with Gasteiger partial charge in [0.2, 0.25) is 5.91 Å². The number of amides is 1. The maximum atomic E-state index is 10.3. The van der Waals surface area contributed by atoms with Crippen molar-refractivity contribution in [3.63, 3.8) is 0 Å². The van der Waals surface area contributed by atoms with Crippen LogP contribution in [0.2, 0.25) is 0 Å². The molecule has 0 radical (unpaired) electrons. The third kappa shape index (κ3) is 3.69. The van der Waals surface area contributed by atoms with Crippen LogP contribution >= 0.6 is 0 Å². The van der Waals surface area contributed by atoms with Crippen LogP contribution in [0, 0.1) is 5.92 Å². The molecule has 0 aromatic heterocycles.